The Morgan fingerprint density at radius 3 is 1.74 bits per heavy atom. The van der Waals surface area contributed by atoms with E-state index >= 15 is 0 Å². The molecule has 0 saturated carbocycles. The molecule has 27 heavy (non-hydrogen) atoms. The summed E-state index contributed by atoms with van der Waals surface area (Å²) in [7, 11) is 0. The third-order valence-electron chi connectivity index (χ3n) is 4.93. The third kappa shape index (κ3) is 4.86. The van der Waals surface area contributed by atoms with Crippen molar-refractivity contribution in [1.82, 2.24) is 0 Å². The van der Waals surface area contributed by atoms with Crippen molar-refractivity contribution in [1.29, 1.82) is 0 Å². The zero-order chi connectivity index (χ0) is 20.6. The zero-order valence-corrected chi connectivity index (χ0v) is 18.6. The molecular formula is C25H36O2. The van der Waals surface area contributed by atoms with Gasteiger partial charge >= 0.3 is 0 Å². The molecule has 0 aromatic heterocycles. The molecule has 2 nitrogen and oxygen atoms in total. The van der Waals surface area contributed by atoms with Crippen LogP contribution in [-0.2, 0) is 17.3 Å². The monoisotopic (exact) mass is 368 g/mol. The summed E-state index contributed by atoms with van der Waals surface area (Å²) in [6.45, 7) is 20.0. The van der Waals surface area contributed by atoms with E-state index in [0.29, 0.717) is 18.8 Å². The van der Waals surface area contributed by atoms with Crippen molar-refractivity contribution in [2.75, 3.05) is 6.61 Å². The third-order valence-corrected chi connectivity index (χ3v) is 4.93. The van der Waals surface area contributed by atoms with Gasteiger partial charge < -0.3 is 9.84 Å². The number of aryl methyl sites for hydroxylation is 2. The van der Waals surface area contributed by atoms with Gasteiger partial charge in [-0.2, -0.15) is 0 Å². The van der Waals surface area contributed by atoms with Gasteiger partial charge in [0.15, 0.2) is 0 Å². The predicted molar refractivity (Wildman–Crippen MR) is 115 cm³/mol. The topological polar surface area (TPSA) is 29.5 Å². The fourth-order valence-corrected chi connectivity index (χ4v) is 3.62. The second-order valence-corrected chi connectivity index (χ2v) is 9.73. The maximum Gasteiger partial charge on any atom is 0.126 e. The van der Waals surface area contributed by atoms with Crippen molar-refractivity contribution < 1.29 is 9.84 Å². The summed E-state index contributed by atoms with van der Waals surface area (Å²) in [6, 6.07) is 8.61. The molecule has 0 fully saturated rings. The smallest absolute Gasteiger partial charge is 0.126 e. The van der Waals surface area contributed by atoms with Crippen LogP contribution in [-0.4, -0.2) is 11.7 Å². The van der Waals surface area contributed by atoms with Crippen molar-refractivity contribution in [3.63, 3.8) is 0 Å². The quantitative estimate of drug-likeness (QED) is 0.659. The van der Waals surface area contributed by atoms with Crippen LogP contribution in [0.15, 0.2) is 24.3 Å². The molecule has 0 aliphatic carbocycles. The van der Waals surface area contributed by atoms with Crippen molar-refractivity contribution in [2.24, 2.45) is 0 Å². The van der Waals surface area contributed by atoms with E-state index in [1.165, 1.54) is 16.7 Å². The van der Waals surface area contributed by atoms with Crippen LogP contribution >= 0.6 is 0 Å². The lowest BCUT2D eigenvalue weighted by atomic mass is 9.81. The summed E-state index contributed by atoms with van der Waals surface area (Å²) in [5.41, 5.74) is 6.62. The Hall–Kier alpha value is -1.96. The lowest BCUT2D eigenvalue weighted by Crippen LogP contribution is -2.16. The molecule has 2 heteroatoms. The van der Waals surface area contributed by atoms with Gasteiger partial charge in [0.25, 0.3) is 0 Å². The number of benzene rings is 2. The first-order valence-corrected chi connectivity index (χ1v) is 9.94. The Morgan fingerprint density at radius 1 is 0.778 bits per heavy atom. The fourth-order valence-electron chi connectivity index (χ4n) is 3.62. The second-order valence-electron chi connectivity index (χ2n) is 9.73. The maximum absolute atomic E-state index is 11.0. The lowest BCUT2D eigenvalue weighted by molar-refractivity contribution is 0.326. The lowest BCUT2D eigenvalue weighted by Gasteiger charge is -2.26. The second kappa shape index (κ2) is 7.58. The summed E-state index contributed by atoms with van der Waals surface area (Å²) < 4.78 is 6.11. The predicted octanol–water partition coefficient (Wildman–Crippen LogP) is 6.59. The van der Waals surface area contributed by atoms with Crippen LogP contribution in [0.4, 0.5) is 0 Å². The Kier molecular flexibility index (Phi) is 5.99. The van der Waals surface area contributed by atoms with Crippen molar-refractivity contribution in [3.8, 4) is 11.5 Å². The highest BCUT2D eigenvalue weighted by molar-refractivity contribution is 5.53. The standard InChI is InChI=1S/C25H36O2/c1-10-27-23-19(12-17(3)14-21(23)25(7,8)9)15-18-11-16(2)13-20(22(18)26)24(4,5)6/h11-14,26H,10,15H2,1-9H3. The van der Waals surface area contributed by atoms with E-state index in [4.69, 9.17) is 4.74 Å². The minimum atomic E-state index is -0.100. The molecule has 2 rings (SSSR count). The molecule has 0 heterocycles. The number of hydrogen-bond acceptors (Lipinski definition) is 2. The number of hydrogen-bond donors (Lipinski definition) is 1. The van der Waals surface area contributed by atoms with Crippen molar-refractivity contribution in [3.05, 3.63) is 57.6 Å². The largest absolute Gasteiger partial charge is 0.507 e. The van der Waals surface area contributed by atoms with Crippen LogP contribution in [0.5, 0.6) is 11.5 Å². The minimum Gasteiger partial charge on any atom is -0.507 e. The molecule has 0 unspecified atom stereocenters. The number of ether oxygens (including phenoxy) is 1. The van der Waals surface area contributed by atoms with Gasteiger partial charge in [-0.3, -0.25) is 0 Å². The molecule has 0 radical (unpaired) electrons. The molecule has 1 N–H and O–H groups in total. The van der Waals surface area contributed by atoms with E-state index in [0.717, 1.165) is 22.4 Å². The van der Waals surface area contributed by atoms with Gasteiger partial charge in [-0.1, -0.05) is 76.9 Å². The van der Waals surface area contributed by atoms with E-state index in [9.17, 15) is 5.11 Å². The average molecular weight is 369 g/mol. The number of aromatic hydroxyl groups is 1. The molecule has 148 valence electrons. The zero-order valence-electron chi connectivity index (χ0n) is 18.6. The van der Waals surface area contributed by atoms with Crippen LogP contribution in [0.1, 0.15) is 81.8 Å². The highest BCUT2D eigenvalue weighted by Gasteiger charge is 2.24. The van der Waals surface area contributed by atoms with Gasteiger partial charge in [0.2, 0.25) is 0 Å². The van der Waals surface area contributed by atoms with Crippen LogP contribution in [0.2, 0.25) is 0 Å². The molecule has 0 bridgehead atoms. The van der Waals surface area contributed by atoms with Gasteiger partial charge in [-0.25, -0.2) is 0 Å². The first-order chi connectivity index (χ1) is 12.3. The van der Waals surface area contributed by atoms with E-state index in [1.54, 1.807) is 0 Å². The Morgan fingerprint density at radius 2 is 1.26 bits per heavy atom. The molecule has 0 spiro atoms. The van der Waals surface area contributed by atoms with Gasteiger partial charge in [-0.05, 0) is 48.3 Å². The molecule has 0 aliphatic rings. The van der Waals surface area contributed by atoms with Crippen LogP contribution in [0.25, 0.3) is 0 Å². The van der Waals surface area contributed by atoms with Gasteiger partial charge in [0, 0.05) is 12.0 Å². The van der Waals surface area contributed by atoms with Gasteiger partial charge in [0.1, 0.15) is 11.5 Å². The molecular weight excluding hydrogens is 332 g/mol. The molecule has 0 saturated heterocycles. The maximum atomic E-state index is 11.0. The fraction of sp³-hybridized carbons (Fsp3) is 0.520. The van der Waals surface area contributed by atoms with E-state index in [1.807, 2.05) is 6.92 Å². The molecule has 2 aromatic carbocycles. The van der Waals surface area contributed by atoms with Gasteiger partial charge in [-0.15, -0.1) is 0 Å². The van der Waals surface area contributed by atoms with Crippen molar-refractivity contribution >= 4 is 0 Å². The van der Waals surface area contributed by atoms with E-state index in [-0.39, 0.29) is 10.8 Å². The Bertz CT molecular complexity index is 818. The number of phenolic OH excluding ortho intramolecular Hbond substituents is 1. The first kappa shape index (κ1) is 21.3. The van der Waals surface area contributed by atoms with E-state index in [2.05, 4.69) is 79.7 Å². The summed E-state index contributed by atoms with van der Waals surface area (Å²) >= 11 is 0. The summed E-state index contributed by atoms with van der Waals surface area (Å²) in [6.07, 6.45) is 0.663. The molecule has 0 aliphatic heterocycles. The number of rotatable bonds is 4. The summed E-state index contributed by atoms with van der Waals surface area (Å²) in [5.74, 6) is 1.38. The van der Waals surface area contributed by atoms with Crippen LogP contribution < -0.4 is 4.74 Å². The van der Waals surface area contributed by atoms with Gasteiger partial charge in [0.05, 0.1) is 6.61 Å². The highest BCUT2D eigenvalue weighted by Crippen LogP contribution is 2.39. The summed E-state index contributed by atoms with van der Waals surface area (Å²) in [4.78, 5) is 0. The average Bonchev–Trinajstić information content (AvgIpc) is 2.50. The van der Waals surface area contributed by atoms with Crippen LogP contribution in [0.3, 0.4) is 0 Å². The van der Waals surface area contributed by atoms with E-state index < -0.39 is 0 Å². The number of phenols is 1. The normalized spacial score (nSPS) is 12.3. The highest BCUT2D eigenvalue weighted by atomic mass is 16.5. The SMILES string of the molecule is CCOc1c(Cc2cc(C)cc(C(C)(C)C)c2O)cc(C)cc1C(C)(C)C. The molecule has 0 atom stereocenters. The molecule has 0 amide bonds. The van der Waals surface area contributed by atoms with Crippen molar-refractivity contribution in [2.45, 2.75) is 79.6 Å². The van der Waals surface area contributed by atoms with Crippen LogP contribution in [0, 0.1) is 13.8 Å². The minimum absolute atomic E-state index is 0.00348. The molecule has 2 aromatic rings. The Labute approximate surface area is 165 Å². The first-order valence-electron chi connectivity index (χ1n) is 9.94. The summed E-state index contributed by atoms with van der Waals surface area (Å²) in [5, 5.41) is 11.0. The Balaban J connectivity index is 2.65.